The fourth-order valence-corrected chi connectivity index (χ4v) is 6.06. The van der Waals surface area contributed by atoms with Crippen molar-refractivity contribution < 1.29 is 17.9 Å². The fraction of sp³-hybridized carbons (Fsp3) is 0.192. The Kier molecular flexibility index (Phi) is 9.55. The standard InChI is InChI=1S/C26H23BrCl2N6O4S/c1-16-2-5-19(27)21(12-16)34-40(37,38)25-14-18(4-6-20(25)29)32-33-23(15-30)26(36)31-22-13-17(28)3-7-24(22)35-8-10-39-11-9-35/h2-7,12-14,32,34H,8-11H2,1H3,(H,31,36)/b33-23-. The molecule has 208 valence electrons. The number of hydrazone groups is 1. The molecule has 14 heteroatoms. The Hall–Kier alpha value is -3.34. The normalized spacial score (nSPS) is 13.9. The monoisotopic (exact) mass is 664 g/mol. The molecule has 3 aromatic carbocycles. The number of nitrogens with one attached hydrogen (secondary N) is 3. The molecule has 40 heavy (non-hydrogen) atoms. The van der Waals surface area contributed by atoms with Crippen LogP contribution in [0.3, 0.4) is 0 Å². The van der Waals surface area contributed by atoms with E-state index in [1.54, 1.807) is 36.4 Å². The highest BCUT2D eigenvalue weighted by atomic mass is 79.9. The highest BCUT2D eigenvalue weighted by Crippen LogP contribution is 2.31. The number of carbonyl (C=O) groups excluding carboxylic acids is 1. The molecule has 0 aromatic heterocycles. The molecule has 0 saturated carbocycles. The zero-order chi connectivity index (χ0) is 28.9. The molecule has 4 rings (SSSR count). The number of hydrogen-bond acceptors (Lipinski definition) is 8. The summed E-state index contributed by atoms with van der Waals surface area (Å²) in [6, 6.07) is 16.1. The Morgan fingerprint density at radius 2 is 1.82 bits per heavy atom. The van der Waals surface area contributed by atoms with Gasteiger partial charge in [-0.25, -0.2) is 8.42 Å². The van der Waals surface area contributed by atoms with Crippen LogP contribution in [0.5, 0.6) is 0 Å². The number of amides is 1. The first-order valence-corrected chi connectivity index (χ1v) is 14.9. The van der Waals surface area contributed by atoms with Crippen molar-refractivity contribution in [3.63, 3.8) is 0 Å². The zero-order valence-corrected chi connectivity index (χ0v) is 25.0. The summed E-state index contributed by atoms with van der Waals surface area (Å²) in [6.07, 6.45) is 0. The molecule has 0 bridgehead atoms. The summed E-state index contributed by atoms with van der Waals surface area (Å²) in [5.74, 6) is -0.778. The van der Waals surface area contributed by atoms with Gasteiger partial charge in [0.2, 0.25) is 5.71 Å². The van der Waals surface area contributed by atoms with Gasteiger partial charge >= 0.3 is 0 Å². The van der Waals surface area contributed by atoms with Crippen molar-refractivity contribution in [3.8, 4) is 6.07 Å². The van der Waals surface area contributed by atoms with Gasteiger partial charge in [0.1, 0.15) is 11.0 Å². The fourth-order valence-electron chi connectivity index (χ4n) is 3.81. The van der Waals surface area contributed by atoms with Crippen molar-refractivity contribution in [1.29, 1.82) is 5.26 Å². The van der Waals surface area contributed by atoms with Crippen LogP contribution >= 0.6 is 39.1 Å². The maximum absolute atomic E-state index is 13.1. The van der Waals surface area contributed by atoms with E-state index in [9.17, 15) is 18.5 Å². The van der Waals surface area contributed by atoms with Crippen LogP contribution in [-0.2, 0) is 19.6 Å². The van der Waals surface area contributed by atoms with Crippen molar-refractivity contribution in [3.05, 3.63) is 74.7 Å². The topological polar surface area (TPSA) is 136 Å². The number of aryl methyl sites for hydroxylation is 1. The molecule has 10 nitrogen and oxygen atoms in total. The molecule has 0 atom stereocenters. The van der Waals surface area contributed by atoms with Crippen LogP contribution < -0.4 is 20.4 Å². The number of sulfonamides is 1. The minimum Gasteiger partial charge on any atom is -0.378 e. The zero-order valence-electron chi connectivity index (χ0n) is 21.0. The van der Waals surface area contributed by atoms with Gasteiger partial charge in [-0.15, -0.1) is 0 Å². The second kappa shape index (κ2) is 12.9. The minimum atomic E-state index is -4.10. The molecule has 1 aliphatic heterocycles. The largest absolute Gasteiger partial charge is 0.378 e. The Morgan fingerprint density at radius 3 is 2.55 bits per heavy atom. The third-order valence-electron chi connectivity index (χ3n) is 5.76. The molecule has 0 unspecified atom stereocenters. The predicted molar refractivity (Wildman–Crippen MR) is 161 cm³/mol. The third kappa shape index (κ3) is 7.24. The number of nitriles is 1. The van der Waals surface area contributed by atoms with E-state index < -0.39 is 21.6 Å². The summed E-state index contributed by atoms with van der Waals surface area (Å²) >= 11 is 15.7. The first-order chi connectivity index (χ1) is 19.1. The van der Waals surface area contributed by atoms with Gasteiger partial charge in [0, 0.05) is 22.6 Å². The van der Waals surface area contributed by atoms with Gasteiger partial charge in [-0.05, 0) is 76.9 Å². The van der Waals surface area contributed by atoms with Gasteiger partial charge in [0.05, 0.1) is 41.0 Å². The molecule has 1 saturated heterocycles. The predicted octanol–water partition coefficient (Wildman–Crippen LogP) is 5.63. The Labute approximate surface area is 250 Å². The second-order valence-electron chi connectivity index (χ2n) is 8.63. The van der Waals surface area contributed by atoms with Crippen molar-refractivity contribution in [1.82, 2.24) is 0 Å². The number of hydrogen-bond donors (Lipinski definition) is 3. The van der Waals surface area contributed by atoms with E-state index >= 15 is 0 Å². The summed E-state index contributed by atoms with van der Waals surface area (Å²) < 4.78 is 34.7. The first-order valence-electron chi connectivity index (χ1n) is 11.8. The second-order valence-corrected chi connectivity index (χ2v) is 12.0. The average Bonchev–Trinajstić information content (AvgIpc) is 2.92. The van der Waals surface area contributed by atoms with Gasteiger partial charge in [0.25, 0.3) is 15.9 Å². The van der Waals surface area contributed by atoms with Crippen LogP contribution in [0.4, 0.5) is 22.7 Å². The van der Waals surface area contributed by atoms with Crippen molar-refractivity contribution in [2.24, 2.45) is 5.10 Å². The van der Waals surface area contributed by atoms with Gasteiger partial charge in [0.15, 0.2) is 0 Å². The summed E-state index contributed by atoms with van der Waals surface area (Å²) in [6.45, 7) is 4.17. The van der Waals surface area contributed by atoms with Gasteiger partial charge in [-0.1, -0.05) is 29.3 Å². The molecule has 1 aliphatic rings. The maximum atomic E-state index is 13.1. The first kappa shape index (κ1) is 29.6. The molecular weight excluding hydrogens is 643 g/mol. The van der Waals surface area contributed by atoms with Gasteiger partial charge in [-0.2, -0.15) is 10.4 Å². The van der Waals surface area contributed by atoms with E-state index in [1.165, 1.54) is 18.2 Å². The molecule has 0 aliphatic carbocycles. The highest BCUT2D eigenvalue weighted by molar-refractivity contribution is 9.10. The Bertz CT molecular complexity index is 1620. The molecule has 1 amide bonds. The Morgan fingerprint density at radius 1 is 1.07 bits per heavy atom. The van der Waals surface area contributed by atoms with Crippen LogP contribution in [0.15, 0.2) is 69.1 Å². The van der Waals surface area contributed by atoms with E-state index in [4.69, 9.17) is 27.9 Å². The van der Waals surface area contributed by atoms with E-state index in [0.29, 0.717) is 47.2 Å². The smallest absolute Gasteiger partial charge is 0.287 e. The van der Waals surface area contributed by atoms with Crippen LogP contribution in [0.1, 0.15) is 5.56 Å². The number of benzene rings is 3. The summed E-state index contributed by atoms with van der Waals surface area (Å²) in [4.78, 5) is 14.7. The summed E-state index contributed by atoms with van der Waals surface area (Å²) in [7, 11) is -4.10. The van der Waals surface area contributed by atoms with Gasteiger partial charge < -0.3 is 15.0 Å². The van der Waals surface area contributed by atoms with Crippen molar-refractivity contribution in [2.75, 3.05) is 46.7 Å². The number of morpholine rings is 1. The number of rotatable bonds is 8. The molecule has 3 N–H and O–H groups in total. The van der Waals surface area contributed by atoms with Gasteiger partial charge in [-0.3, -0.25) is 14.9 Å². The number of ether oxygens (including phenoxy) is 1. The summed E-state index contributed by atoms with van der Waals surface area (Å²) in [5.41, 5.74) is 4.60. The summed E-state index contributed by atoms with van der Waals surface area (Å²) in [5, 5.41) is 16.6. The van der Waals surface area contributed by atoms with Crippen molar-refractivity contribution in [2.45, 2.75) is 11.8 Å². The maximum Gasteiger partial charge on any atom is 0.287 e. The molecular formula is C26H23BrCl2N6O4S. The average molecular weight is 666 g/mol. The lowest BCUT2D eigenvalue weighted by atomic mass is 10.2. The number of carbonyl (C=O) groups is 1. The molecule has 0 radical (unpaired) electrons. The third-order valence-corrected chi connectivity index (χ3v) is 8.54. The quantitative estimate of drug-likeness (QED) is 0.210. The van der Waals surface area contributed by atoms with E-state index in [1.807, 2.05) is 17.9 Å². The van der Waals surface area contributed by atoms with E-state index in [2.05, 4.69) is 36.5 Å². The molecule has 3 aromatic rings. The molecule has 1 heterocycles. The number of anilines is 4. The number of nitrogens with zero attached hydrogens (tertiary/aromatic N) is 3. The van der Waals surface area contributed by atoms with E-state index in [0.717, 1.165) is 11.3 Å². The lowest BCUT2D eigenvalue weighted by Gasteiger charge is -2.30. The van der Waals surface area contributed by atoms with E-state index in [-0.39, 0.29) is 15.6 Å². The lowest BCUT2D eigenvalue weighted by Crippen LogP contribution is -2.37. The van der Waals surface area contributed by atoms with Crippen LogP contribution in [-0.4, -0.2) is 46.3 Å². The Balaban J connectivity index is 1.54. The molecule has 1 fully saturated rings. The van der Waals surface area contributed by atoms with Crippen LogP contribution in [0.2, 0.25) is 10.0 Å². The van der Waals surface area contributed by atoms with Crippen LogP contribution in [0, 0.1) is 18.3 Å². The van der Waals surface area contributed by atoms with Crippen LogP contribution in [0.25, 0.3) is 0 Å². The minimum absolute atomic E-state index is 0.0272. The number of halogens is 3. The molecule has 0 spiro atoms. The SMILES string of the molecule is Cc1ccc(Br)c(NS(=O)(=O)c2cc(N/N=C(/C#N)C(=O)Nc3cc(Cl)ccc3N3CCOCC3)ccc2Cl)c1. The lowest BCUT2D eigenvalue weighted by molar-refractivity contribution is -0.110. The highest BCUT2D eigenvalue weighted by Gasteiger charge is 2.21. The van der Waals surface area contributed by atoms with Crippen molar-refractivity contribution >= 4 is 83.5 Å².